The van der Waals surface area contributed by atoms with Gasteiger partial charge in [-0.05, 0) is 74.2 Å². The molecular weight excluding hydrogens is 410 g/mol. The average molecular weight is 444 g/mol. The van der Waals surface area contributed by atoms with Crippen molar-refractivity contribution in [2.75, 3.05) is 27.2 Å². The lowest BCUT2D eigenvalue weighted by molar-refractivity contribution is -0.0240. The maximum absolute atomic E-state index is 10.5. The van der Waals surface area contributed by atoms with E-state index in [4.69, 9.17) is 4.74 Å². The Balaban J connectivity index is 1.58. The van der Waals surface area contributed by atoms with Crippen molar-refractivity contribution in [1.29, 1.82) is 0 Å². The molecule has 33 heavy (non-hydrogen) atoms. The minimum absolute atomic E-state index is 0.163. The van der Waals surface area contributed by atoms with E-state index in [1.807, 2.05) is 36.5 Å². The standard InChI is InChI=1S/C28H33N3O2/c1-4-19-18-31-14-12-20(19)15-26(31)28(30(2)17-21-7-5-6-8-27(21)32)23-11-13-29-25-10-9-22(33-3)16-24(23)25/h4-11,13,16,19-20,26,28,32H,1,12,14-15,17-18H2,2-3H3/t19?,20?,26-,28-/m1/s1. The minimum Gasteiger partial charge on any atom is -0.508 e. The summed E-state index contributed by atoms with van der Waals surface area (Å²) in [6.07, 6.45) is 6.47. The summed E-state index contributed by atoms with van der Waals surface area (Å²) in [5.41, 5.74) is 3.19. The van der Waals surface area contributed by atoms with Crippen LogP contribution in [-0.2, 0) is 6.54 Å². The second-order valence-electron chi connectivity index (χ2n) is 9.52. The molecule has 3 aliphatic rings. The largest absolute Gasteiger partial charge is 0.508 e. The van der Waals surface area contributed by atoms with Gasteiger partial charge in [0.05, 0.1) is 18.7 Å². The third-order valence-electron chi connectivity index (χ3n) is 7.71. The summed E-state index contributed by atoms with van der Waals surface area (Å²) >= 11 is 0. The Kier molecular flexibility index (Phi) is 6.09. The topological polar surface area (TPSA) is 48.8 Å². The average Bonchev–Trinajstić information content (AvgIpc) is 2.86. The van der Waals surface area contributed by atoms with E-state index >= 15 is 0 Å². The highest BCUT2D eigenvalue weighted by molar-refractivity contribution is 5.84. The number of rotatable bonds is 7. The highest BCUT2D eigenvalue weighted by Gasteiger charge is 2.44. The lowest BCUT2D eigenvalue weighted by atomic mass is 9.72. The van der Waals surface area contributed by atoms with Gasteiger partial charge >= 0.3 is 0 Å². The molecule has 0 spiro atoms. The number of hydrogen-bond acceptors (Lipinski definition) is 5. The minimum atomic E-state index is 0.163. The number of fused-ring (bicyclic) bond motifs is 4. The van der Waals surface area contributed by atoms with Crippen molar-refractivity contribution in [2.24, 2.45) is 11.8 Å². The molecule has 172 valence electrons. The molecule has 1 aromatic heterocycles. The molecule has 3 saturated heterocycles. The maximum Gasteiger partial charge on any atom is 0.120 e. The van der Waals surface area contributed by atoms with Crippen LogP contribution in [0.5, 0.6) is 11.5 Å². The maximum atomic E-state index is 10.5. The number of nitrogens with zero attached hydrogens (tertiary/aromatic N) is 3. The predicted molar refractivity (Wildman–Crippen MR) is 132 cm³/mol. The van der Waals surface area contributed by atoms with Crippen molar-refractivity contribution in [2.45, 2.75) is 31.5 Å². The fourth-order valence-electron chi connectivity index (χ4n) is 5.99. The Morgan fingerprint density at radius 1 is 1.27 bits per heavy atom. The summed E-state index contributed by atoms with van der Waals surface area (Å²) in [5, 5.41) is 11.6. The third kappa shape index (κ3) is 4.11. The molecule has 0 aliphatic carbocycles. The number of ether oxygens (including phenoxy) is 1. The summed E-state index contributed by atoms with van der Waals surface area (Å²) in [7, 11) is 3.89. The second-order valence-corrected chi connectivity index (χ2v) is 9.52. The lowest BCUT2D eigenvalue weighted by Crippen LogP contribution is -2.57. The number of methoxy groups -OCH3 is 1. The Hall–Kier alpha value is -2.89. The van der Waals surface area contributed by atoms with Crippen LogP contribution in [0.2, 0.25) is 0 Å². The summed E-state index contributed by atoms with van der Waals surface area (Å²) < 4.78 is 5.56. The Bertz CT molecular complexity index is 1150. The first-order valence-electron chi connectivity index (χ1n) is 11.9. The number of piperidine rings is 3. The van der Waals surface area contributed by atoms with Crippen molar-refractivity contribution in [3.63, 3.8) is 0 Å². The Morgan fingerprint density at radius 3 is 2.85 bits per heavy atom. The molecule has 5 atom stereocenters. The van der Waals surface area contributed by atoms with Crippen molar-refractivity contribution in [1.82, 2.24) is 14.8 Å². The number of likely N-dealkylation sites (N-methyl/N-ethyl adjacent to an activating group) is 1. The van der Waals surface area contributed by atoms with Crippen molar-refractivity contribution in [3.05, 3.63) is 78.5 Å². The molecule has 3 fully saturated rings. The molecule has 3 unspecified atom stereocenters. The summed E-state index contributed by atoms with van der Waals surface area (Å²) in [6, 6.07) is 16.5. The van der Waals surface area contributed by atoms with E-state index in [1.165, 1.54) is 12.0 Å². The molecule has 3 aliphatic heterocycles. The van der Waals surface area contributed by atoms with Crippen LogP contribution in [0.3, 0.4) is 0 Å². The van der Waals surface area contributed by atoms with Gasteiger partial charge < -0.3 is 9.84 Å². The van der Waals surface area contributed by atoms with Crippen LogP contribution in [0.4, 0.5) is 0 Å². The van der Waals surface area contributed by atoms with Crippen LogP contribution >= 0.6 is 0 Å². The number of phenolic OH excluding ortho intramolecular Hbond substituents is 1. The zero-order chi connectivity index (χ0) is 22.9. The van der Waals surface area contributed by atoms with Gasteiger partial charge in [-0.25, -0.2) is 0 Å². The highest BCUT2D eigenvalue weighted by Crippen LogP contribution is 2.44. The number of aromatic hydroxyl groups is 1. The van der Waals surface area contributed by atoms with Gasteiger partial charge in [0.15, 0.2) is 0 Å². The molecule has 2 aromatic carbocycles. The molecule has 2 bridgehead atoms. The van der Waals surface area contributed by atoms with Crippen LogP contribution in [-0.4, -0.2) is 53.2 Å². The normalized spacial score (nSPS) is 25.3. The molecule has 0 amide bonds. The Labute approximate surface area is 196 Å². The molecule has 1 N–H and O–H groups in total. The van der Waals surface area contributed by atoms with Gasteiger partial charge in [-0.2, -0.15) is 0 Å². The fourth-order valence-corrected chi connectivity index (χ4v) is 5.99. The van der Waals surface area contributed by atoms with E-state index in [2.05, 4.69) is 46.6 Å². The third-order valence-corrected chi connectivity index (χ3v) is 7.71. The molecule has 0 saturated carbocycles. The quantitative estimate of drug-likeness (QED) is 0.520. The van der Waals surface area contributed by atoms with Gasteiger partial charge in [-0.3, -0.25) is 14.8 Å². The van der Waals surface area contributed by atoms with Gasteiger partial charge in [-0.15, -0.1) is 6.58 Å². The number of para-hydroxylation sites is 1. The van der Waals surface area contributed by atoms with Gasteiger partial charge in [0.1, 0.15) is 11.5 Å². The van der Waals surface area contributed by atoms with Crippen LogP contribution in [0.25, 0.3) is 10.9 Å². The van der Waals surface area contributed by atoms with Crippen LogP contribution in [0, 0.1) is 11.8 Å². The number of aromatic nitrogens is 1. The van der Waals surface area contributed by atoms with E-state index in [-0.39, 0.29) is 6.04 Å². The van der Waals surface area contributed by atoms with E-state index in [1.54, 1.807) is 13.2 Å². The van der Waals surface area contributed by atoms with E-state index in [0.29, 0.717) is 30.2 Å². The molecule has 5 nitrogen and oxygen atoms in total. The van der Waals surface area contributed by atoms with E-state index < -0.39 is 0 Å². The molecule has 0 radical (unpaired) electrons. The molecule has 3 aromatic rings. The molecule has 4 heterocycles. The smallest absolute Gasteiger partial charge is 0.120 e. The lowest BCUT2D eigenvalue weighted by Gasteiger charge is -2.53. The number of hydrogen-bond donors (Lipinski definition) is 1. The second kappa shape index (κ2) is 9.16. The highest BCUT2D eigenvalue weighted by atomic mass is 16.5. The summed E-state index contributed by atoms with van der Waals surface area (Å²) in [4.78, 5) is 9.69. The van der Waals surface area contributed by atoms with Gasteiger partial charge in [0, 0.05) is 36.3 Å². The van der Waals surface area contributed by atoms with Crippen LogP contribution in [0.1, 0.15) is 30.0 Å². The van der Waals surface area contributed by atoms with Gasteiger partial charge in [0.25, 0.3) is 0 Å². The van der Waals surface area contributed by atoms with Gasteiger partial charge in [0.2, 0.25) is 0 Å². The number of pyridine rings is 1. The fraction of sp³-hybridized carbons (Fsp3) is 0.393. The Morgan fingerprint density at radius 2 is 2.12 bits per heavy atom. The summed E-state index contributed by atoms with van der Waals surface area (Å²) in [5.74, 6) is 2.45. The van der Waals surface area contributed by atoms with E-state index in [0.717, 1.165) is 41.7 Å². The van der Waals surface area contributed by atoms with Gasteiger partial charge in [-0.1, -0.05) is 24.3 Å². The molecule has 5 heteroatoms. The first-order valence-corrected chi connectivity index (χ1v) is 11.9. The van der Waals surface area contributed by atoms with Crippen LogP contribution < -0.4 is 4.74 Å². The molecular formula is C28H33N3O2. The molecule has 6 rings (SSSR count). The predicted octanol–water partition coefficient (Wildman–Crippen LogP) is 5.02. The monoisotopic (exact) mass is 443 g/mol. The summed E-state index contributed by atoms with van der Waals surface area (Å²) in [6.45, 7) is 6.98. The zero-order valence-corrected chi connectivity index (χ0v) is 19.5. The van der Waals surface area contributed by atoms with Crippen LogP contribution in [0.15, 0.2) is 67.4 Å². The van der Waals surface area contributed by atoms with Crippen molar-refractivity contribution >= 4 is 10.9 Å². The van der Waals surface area contributed by atoms with Crippen molar-refractivity contribution in [3.8, 4) is 11.5 Å². The van der Waals surface area contributed by atoms with E-state index in [9.17, 15) is 5.11 Å². The number of phenols is 1. The number of benzene rings is 2. The van der Waals surface area contributed by atoms with Crippen molar-refractivity contribution < 1.29 is 9.84 Å². The first kappa shape index (κ1) is 21.9. The first-order chi connectivity index (χ1) is 16.1. The SMILES string of the molecule is C=CC1CN2CCC1C[C@@H]2[C@@H](c1ccnc2ccc(OC)cc12)N(C)Cc1ccccc1O. The zero-order valence-electron chi connectivity index (χ0n) is 19.5.